The van der Waals surface area contributed by atoms with Crippen molar-refractivity contribution in [2.24, 2.45) is 0 Å². The third-order valence-corrected chi connectivity index (χ3v) is 4.53. The zero-order valence-electron chi connectivity index (χ0n) is 14.0. The minimum absolute atomic E-state index is 0.354. The molecule has 2 unspecified atom stereocenters. The molecule has 0 saturated heterocycles. The maximum atomic E-state index is 3.76. The van der Waals surface area contributed by atoms with Crippen LogP contribution in [0.15, 0.2) is 72.8 Å². The predicted molar refractivity (Wildman–Crippen MR) is 99.7 cm³/mol. The lowest BCUT2D eigenvalue weighted by molar-refractivity contribution is 0.458. The Hall–Kier alpha value is -2.12. The van der Waals surface area contributed by atoms with Crippen molar-refractivity contribution >= 4 is 10.8 Å². The number of hydrogen-bond acceptors (Lipinski definition) is 1. The number of fused-ring (bicyclic) bond motifs is 1. The molecule has 0 aromatic heterocycles. The fourth-order valence-corrected chi connectivity index (χ4v) is 3.26. The summed E-state index contributed by atoms with van der Waals surface area (Å²) in [6, 6.07) is 26.8. The average molecular weight is 303 g/mol. The number of aryl methyl sites for hydroxylation is 1. The second-order valence-corrected chi connectivity index (χ2v) is 6.38. The van der Waals surface area contributed by atoms with Crippen LogP contribution in [0.5, 0.6) is 0 Å². The standard InChI is InChI=1S/C22H25N/c1-17(15-16-19-9-4-3-5-10-19)23-18(2)21-14-8-12-20-11-6-7-13-22(20)21/h3-14,17-18,23H,15-16H2,1-2H3. The van der Waals surface area contributed by atoms with E-state index in [9.17, 15) is 0 Å². The molecule has 1 N–H and O–H groups in total. The molecular formula is C22H25N. The molecule has 1 nitrogen and oxygen atoms in total. The van der Waals surface area contributed by atoms with Crippen LogP contribution in [0.2, 0.25) is 0 Å². The highest BCUT2D eigenvalue weighted by Crippen LogP contribution is 2.24. The van der Waals surface area contributed by atoms with Crippen LogP contribution < -0.4 is 5.32 Å². The largest absolute Gasteiger partial charge is 0.308 e. The molecule has 0 bridgehead atoms. The van der Waals surface area contributed by atoms with E-state index in [1.54, 1.807) is 0 Å². The fraction of sp³-hybridized carbons (Fsp3) is 0.273. The van der Waals surface area contributed by atoms with E-state index in [2.05, 4.69) is 92.0 Å². The predicted octanol–water partition coefficient (Wildman–Crippen LogP) is 5.51. The van der Waals surface area contributed by atoms with Crippen molar-refractivity contribution in [1.82, 2.24) is 5.32 Å². The van der Waals surface area contributed by atoms with Gasteiger partial charge < -0.3 is 5.32 Å². The molecule has 0 aliphatic rings. The monoisotopic (exact) mass is 303 g/mol. The summed E-state index contributed by atoms with van der Waals surface area (Å²) in [7, 11) is 0. The van der Waals surface area contributed by atoms with Crippen LogP contribution in [0.25, 0.3) is 10.8 Å². The number of rotatable bonds is 6. The Morgan fingerprint density at radius 1 is 0.783 bits per heavy atom. The lowest BCUT2D eigenvalue weighted by atomic mass is 9.98. The third-order valence-electron chi connectivity index (χ3n) is 4.53. The molecule has 3 aromatic carbocycles. The molecule has 0 fully saturated rings. The van der Waals surface area contributed by atoms with Gasteiger partial charge in [-0.25, -0.2) is 0 Å². The van der Waals surface area contributed by atoms with Crippen molar-refractivity contribution in [3.8, 4) is 0 Å². The third kappa shape index (κ3) is 4.00. The van der Waals surface area contributed by atoms with E-state index >= 15 is 0 Å². The van der Waals surface area contributed by atoms with Gasteiger partial charge in [0.25, 0.3) is 0 Å². The van der Waals surface area contributed by atoms with Crippen LogP contribution in [0, 0.1) is 0 Å². The van der Waals surface area contributed by atoms with Gasteiger partial charge in [-0.1, -0.05) is 72.8 Å². The molecule has 0 heterocycles. The van der Waals surface area contributed by atoms with Crippen LogP contribution in [0.4, 0.5) is 0 Å². The molecule has 2 atom stereocenters. The second kappa shape index (κ2) is 7.43. The van der Waals surface area contributed by atoms with Crippen LogP contribution in [0.3, 0.4) is 0 Å². The van der Waals surface area contributed by atoms with Gasteiger partial charge in [0.05, 0.1) is 0 Å². The smallest absolute Gasteiger partial charge is 0.0300 e. The van der Waals surface area contributed by atoms with Crippen molar-refractivity contribution in [2.75, 3.05) is 0 Å². The highest BCUT2D eigenvalue weighted by molar-refractivity contribution is 5.86. The molecule has 23 heavy (non-hydrogen) atoms. The number of nitrogens with one attached hydrogen (secondary N) is 1. The minimum Gasteiger partial charge on any atom is -0.308 e. The molecule has 3 rings (SSSR count). The molecule has 0 amide bonds. The molecule has 3 aromatic rings. The fourth-order valence-electron chi connectivity index (χ4n) is 3.26. The first-order valence-corrected chi connectivity index (χ1v) is 8.51. The molecule has 0 aliphatic carbocycles. The van der Waals surface area contributed by atoms with Gasteiger partial charge in [0, 0.05) is 12.1 Å². The first kappa shape index (κ1) is 15.8. The molecule has 118 valence electrons. The van der Waals surface area contributed by atoms with Gasteiger partial charge in [-0.2, -0.15) is 0 Å². The van der Waals surface area contributed by atoms with E-state index in [4.69, 9.17) is 0 Å². The van der Waals surface area contributed by atoms with Gasteiger partial charge in [-0.3, -0.25) is 0 Å². The lowest BCUT2D eigenvalue weighted by Crippen LogP contribution is -2.29. The Bertz CT molecular complexity index is 743. The highest BCUT2D eigenvalue weighted by atomic mass is 14.9. The quantitative estimate of drug-likeness (QED) is 0.633. The van der Waals surface area contributed by atoms with E-state index in [0.717, 1.165) is 12.8 Å². The van der Waals surface area contributed by atoms with Gasteiger partial charge >= 0.3 is 0 Å². The van der Waals surface area contributed by atoms with Gasteiger partial charge in [0.1, 0.15) is 0 Å². The maximum Gasteiger partial charge on any atom is 0.0300 e. The van der Waals surface area contributed by atoms with E-state index in [-0.39, 0.29) is 0 Å². The molecular weight excluding hydrogens is 278 g/mol. The van der Waals surface area contributed by atoms with Crippen LogP contribution in [-0.2, 0) is 6.42 Å². The Morgan fingerprint density at radius 2 is 1.48 bits per heavy atom. The van der Waals surface area contributed by atoms with Crippen molar-refractivity contribution in [1.29, 1.82) is 0 Å². The normalized spacial score (nSPS) is 13.8. The number of benzene rings is 3. The number of hydrogen-bond donors (Lipinski definition) is 1. The summed E-state index contributed by atoms with van der Waals surface area (Å²) in [5.41, 5.74) is 2.80. The van der Waals surface area contributed by atoms with Crippen molar-refractivity contribution < 1.29 is 0 Å². The first-order valence-electron chi connectivity index (χ1n) is 8.51. The zero-order valence-corrected chi connectivity index (χ0v) is 14.0. The highest BCUT2D eigenvalue weighted by Gasteiger charge is 2.12. The summed E-state index contributed by atoms with van der Waals surface area (Å²) in [5, 5.41) is 6.43. The van der Waals surface area contributed by atoms with Gasteiger partial charge in [-0.05, 0) is 48.6 Å². The summed E-state index contributed by atoms with van der Waals surface area (Å²) in [6.45, 7) is 4.55. The lowest BCUT2D eigenvalue weighted by Gasteiger charge is -2.22. The van der Waals surface area contributed by atoms with Crippen LogP contribution >= 0.6 is 0 Å². The topological polar surface area (TPSA) is 12.0 Å². The zero-order chi connectivity index (χ0) is 16.1. The van der Waals surface area contributed by atoms with E-state index < -0.39 is 0 Å². The SMILES string of the molecule is CC(CCc1ccccc1)NC(C)c1cccc2ccccc12. The van der Waals surface area contributed by atoms with Crippen molar-refractivity contribution in [3.05, 3.63) is 83.9 Å². The summed E-state index contributed by atoms with van der Waals surface area (Å²) in [5.74, 6) is 0. The summed E-state index contributed by atoms with van der Waals surface area (Å²) in [4.78, 5) is 0. The minimum atomic E-state index is 0.354. The summed E-state index contributed by atoms with van der Waals surface area (Å²) < 4.78 is 0. The Morgan fingerprint density at radius 3 is 2.30 bits per heavy atom. The molecule has 0 saturated carbocycles. The Kier molecular flexibility index (Phi) is 5.09. The molecule has 0 aliphatic heterocycles. The van der Waals surface area contributed by atoms with Gasteiger partial charge in [0.15, 0.2) is 0 Å². The maximum absolute atomic E-state index is 3.76. The van der Waals surface area contributed by atoms with Gasteiger partial charge in [-0.15, -0.1) is 0 Å². The van der Waals surface area contributed by atoms with Crippen molar-refractivity contribution in [3.63, 3.8) is 0 Å². The first-order chi connectivity index (χ1) is 11.2. The Labute approximate surface area is 139 Å². The average Bonchev–Trinajstić information content (AvgIpc) is 2.60. The molecule has 0 spiro atoms. The van der Waals surface area contributed by atoms with Crippen LogP contribution in [-0.4, -0.2) is 6.04 Å². The molecule has 0 radical (unpaired) electrons. The van der Waals surface area contributed by atoms with Crippen LogP contribution in [0.1, 0.15) is 37.4 Å². The second-order valence-electron chi connectivity index (χ2n) is 6.38. The van der Waals surface area contributed by atoms with Gasteiger partial charge in [0.2, 0.25) is 0 Å². The summed E-state index contributed by atoms with van der Waals surface area (Å²) in [6.07, 6.45) is 2.27. The van der Waals surface area contributed by atoms with E-state index in [1.807, 2.05) is 0 Å². The Balaban J connectivity index is 1.65. The van der Waals surface area contributed by atoms with E-state index in [1.165, 1.54) is 21.9 Å². The molecule has 1 heteroatoms. The summed E-state index contributed by atoms with van der Waals surface area (Å²) >= 11 is 0. The van der Waals surface area contributed by atoms with Crippen molar-refractivity contribution in [2.45, 2.75) is 38.8 Å². The van der Waals surface area contributed by atoms with E-state index in [0.29, 0.717) is 12.1 Å².